The van der Waals surface area contributed by atoms with Crippen LogP contribution in [0.15, 0.2) is 79.3 Å². The molecule has 0 bridgehead atoms. The molecule has 0 N–H and O–H groups in total. The van der Waals surface area contributed by atoms with Crippen molar-refractivity contribution in [2.75, 3.05) is 19.7 Å². The Morgan fingerprint density at radius 2 is 1.70 bits per heavy atom. The molecule has 1 amide bonds. The molecular weight excluding hydrogens is 464 g/mol. The molecule has 186 valence electrons. The molecule has 4 aromatic rings. The van der Waals surface area contributed by atoms with Crippen LogP contribution in [-0.2, 0) is 4.79 Å². The molecule has 0 radical (unpaired) electrons. The van der Waals surface area contributed by atoms with Gasteiger partial charge in [0.05, 0.1) is 5.69 Å². The quantitative estimate of drug-likeness (QED) is 0.396. The third-order valence-corrected chi connectivity index (χ3v) is 7.15. The van der Waals surface area contributed by atoms with Crippen molar-refractivity contribution >= 4 is 5.91 Å². The average molecular weight is 493 g/mol. The van der Waals surface area contributed by atoms with Gasteiger partial charge in [0.25, 0.3) is 5.91 Å². The van der Waals surface area contributed by atoms with Crippen LogP contribution in [0.4, 0.5) is 0 Å². The molecule has 0 aliphatic carbocycles. The van der Waals surface area contributed by atoms with Crippen molar-refractivity contribution in [3.63, 3.8) is 0 Å². The summed E-state index contributed by atoms with van der Waals surface area (Å²) >= 11 is 0. The summed E-state index contributed by atoms with van der Waals surface area (Å²) in [6.45, 7) is 3.63. The van der Waals surface area contributed by atoms with E-state index in [1.54, 1.807) is 12.4 Å². The highest BCUT2D eigenvalue weighted by Gasteiger charge is 2.34. The van der Waals surface area contributed by atoms with Gasteiger partial charge in [-0.15, -0.1) is 0 Å². The summed E-state index contributed by atoms with van der Waals surface area (Å²) in [6.07, 6.45) is 6.49. The Morgan fingerprint density at radius 1 is 0.919 bits per heavy atom. The van der Waals surface area contributed by atoms with E-state index in [1.165, 1.54) is 5.56 Å². The highest BCUT2D eigenvalue weighted by Crippen LogP contribution is 2.37. The maximum Gasteiger partial charge on any atom is 0.267 e. The van der Waals surface area contributed by atoms with Gasteiger partial charge in [-0.25, -0.2) is 9.97 Å². The van der Waals surface area contributed by atoms with Gasteiger partial charge in [0, 0.05) is 48.7 Å². The van der Waals surface area contributed by atoms with Gasteiger partial charge in [-0.3, -0.25) is 9.78 Å². The zero-order valence-corrected chi connectivity index (χ0v) is 20.7. The van der Waals surface area contributed by atoms with Crippen molar-refractivity contribution in [1.82, 2.24) is 19.9 Å². The number of hydrogen-bond donors (Lipinski definition) is 0. The lowest BCUT2D eigenvalue weighted by Gasteiger charge is -2.35. The number of carbonyl (C=O) groups excluding carboxylic acids is 1. The molecule has 0 saturated carbocycles. The van der Waals surface area contributed by atoms with Crippen LogP contribution in [0.25, 0.3) is 22.5 Å². The second-order valence-electron chi connectivity index (χ2n) is 9.51. The van der Waals surface area contributed by atoms with Crippen LogP contribution < -0.4 is 9.47 Å². The van der Waals surface area contributed by atoms with Gasteiger partial charge >= 0.3 is 0 Å². The Morgan fingerprint density at radius 3 is 2.49 bits per heavy atom. The molecule has 2 aromatic heterocycles. The summed E-state index contributed by atoms with van der Waals surface area (Å²) in [5.74, 6) is 2.16. The fourth-order valence-electron chi connectivity index (χ4n) is 5.14. The first kappa shape index (κ1) is 23.2. The van der Waals surface area contributed by atoms with Crippen LogP contribution in [0.2, 0.25) is 0 Å². The molecule has 4 heterocycles. The van der Waals surface area contributed by atoms with Crippen LogP contribution in [0.3, 0.4) is 0 Å². The molecule has 1 unspecified atom stereocenters. The van der Waals surface area contributed by atoms with Gasteiger partial charge in [-0.05, 0) is 55.2 Å². The smallest absolute Gasteiger partial charge is 0.267 e. The lowest BCUT2D eigenvalue weighted by molar-refractivity contribution is -0.142. The Hall–Kier alpha value is -4.26. The molecule has 1 atom stereocenters. The van der Waals surface area contributed by atoms with Gasteiger partial charge < -0.3 is 14.4 Å². The predicted octanol–water partition coefficient (Wildman–Crippen LogP) is 5.06. The fourth-order valence-corrected chi connectivity index (χ4v) is 5.14. The van der Waals surface area contributed by atoms with Gasteiger partial charge in [0.1, 0.15) is 6.61 Å². The van der Waals surface area contributed by atoms with Gasteiger partial charge in [0.2, 0.25) is 6.10 Å². The molecule has 2 aromatic carbocycles. The summed E-state index contributed by atoms with van der Waals surface area (Å²) in [5.41, 5.74) is 5.30. The Labute approximate surface area is 216 Å². The molecule has 2 aliphatic heterocycles. The minimum atomic E-state index is -0.620. The van der Waals surface area contributed by atoms with E-state index in [1.807, 2.05) is 59.6 Å². The number of aromatic nitrogens is 3. The zero-order chi connectivity index (χ0) is 25.2. The molecule has 0 spiro atoms. The summed E-state index contributed by atoms with van der Waals surface area (Å²) in [7, 11) is 0. The SMILES string of the molecule is Cc1ccccc1-c1cnc(-c2cccnc2)nc1C1CCN(C(=O)C2COc3ccccc3O2)CC1. The Bertz CT molecular complexity index is 1420. The average Bonchev–Trinajstić information content (AvgIpc) is 2.97. The predicted molar refractivity (Wildman–Crippen MR) is 140 cm³/mol. The zero-order valence-electron chi connectivity index (χ0n) is 20.7. The molecule has 7 nitrogen and oxygen atoms in total. The number of amides is 1. The van der Waals surface area contributed by atoms with Gasteiger partial charge in [-0.2, -0.15) is 0 Å². The van der Waals surface area contributed by atoms with Crippen LogP contribution in [0, 0.1) is 6.92 Å². The number of fused-ring (bicyclic) bond motifs is 1. The maximum absolute atomic E-state index is 13.3. The van der Waals surface area contributed by atoms with E-state index in [-0.39, 0.29) is 18.4 Å². The lowest BCUT2D eigenvalue weighted by atomic mass is 9.87. The number of para-hydroxylation sites is 2. The summed E-state index contributed by atoms with van der Waals surface area (Å²) < 4.78 is 11.7. The van der Waals surface area contributed by atoms with Crippen molar-refractivity contribution in [3.8, 4) is 34.0 Å². The molecule has 37 heavy (non-hydrogen) atoms. The molecule has 1 saturated heterocycles. The second kappa shape index (κ2) is 10.0. The number of nitrogens with zero attached hydrogens (tertiary/aromatic N) is 4. The number of rotatable bonds is 4. The Balaban J connectivity index is 1.24. The van der Waals surface area contributed by atoms with Crippen LogP contribution in [0.1, 0.15) is 30.0 Å². The van der Waals surface area contributed by atoms with Gasteiger partial charge in [0.15, 0.2) is 17.3 Å². The highest BCUT2D eigenvalue weighted by atomic mass is 16.6. The van der Waals surface area contributed by atoms with Crippen molar-refractivity contribution in [3.05, 3.63) is 90.5 Å². The van der Waals surface area contributed by atoms with E-state index >= 15 is 0 Å². The van der Waals surface area contributed by atoms with Crippen molar-refractivity contribution < 1.29 is 14.3 Å². The van der Waals surface area contributed by atoms with Crippen LogP contribution in [0.5, 0.6) is 11.5 Å². The molecule has 6 rings (SSSR count). The normalized spacial score (nSPS) is 17.4. The molecule has 1 fully saturated rings. The number of aryl methyl sites for hydroxylation is 1. The minimum absolute atomic E-state index is 0.0224. The van der Waals surface area contributed by atoms with Crippen molar-refractivity contribution in [2.24, 2.45) is 0 Å². The monoisotopic (exact) mass is 492 g/mol. The van der Waals surface area contributed by atoms with Crippen molar-refractivity contribution in [1.29, 1.82) is 0 Å². The van der Waals surface area contributed by atoms with E-state index in [2.05, 4.69) is 24.0 Å². The first-order valence-electron chi connectivity index (χ1n) is 12.7. The first-order chi connectivity index (χ1) is 18.2. The molecule has 2 aliphatic rings. The lowest BCUT2D eigenvalue weighted by Crippen LogP contribution is -2.48. The first-order valence-corrected chi connectivity index (χ1v) is 12.7. The number of hydrogen-bond acceptors (Lipinski definition) is 6. The molecule has 7 heteroatoms. The molecular formula is C30H28N4O3. The summed E-state index contributed by atoms with van der Waals surface area (Å²) in [4.78, 5) is 29.2. The highest BCUT2D eigenvalue weighted by molar-refractivity contribution is 5.82. The van der Waals surface area contributed by atoms with E-state index < -0.39 is 6.10 Å². The largest absolute Gasteiger partial charge is 0.485 e. The number of ether oxygens (including phenoxy) is 2. The van der Waals surface area contributed by atoms with Crippen LogP contribution >= 0.6 is 0 Å². The third kappa shape index (κ3) is 4.65. The number of carbonyl (C=O) groups is 1. The van der Waals surface area contributed by atoms with E-state index in [4.69, 9.17) is 19.4 Å². The number of pyridine rings is 1. The van der Waals surface area contributed by atoms with Crippen molar-refractivity contribution in [2.45, 2.75) is 31.8 Å². The topological polar surface area (TPSA) is 77.4 Å². The summed E-state index contributed by atoms with van der Waals surface area (Å²) in [6, 6.07) is 19.7. The maximum atomic E-state index is 13.3. The standard InChI is InChI=1S/C30H28N4O3/c1-20-7-2-3-9-23(20)24-18-32-29(22-8-6-14-31-17-22)33-28(24)21-12-15-34(16-13-21)30(35)27-19-36-25-10-4-5-11-26(25)37-27/h2-11,14,17-18,21,27H,12-13,15-16,19H2,1H3. The second-order valence-corrected chi connectivity index (χ2v) is 9.51. The third-order valence-electron chi connectivity index (χ3n) is 7.15. The number of benzene rings is 2. The number of likely N-dealkylation sites (tertiary alicyclic amines) is 1. The van der Waals surface area contributed by atoms with E-state index in [0.29, 0.717) is 30.4 Å². The Kier molecular flexibility index (Phi) is 6.26. The minimum Gasteiger partial charge on any atom is -0.485 e. The van der Waals surface area contributed by atoms with Crippen LogP contribution in [-0.4, -0.2) is 51.6 Å². The van der Waals surface area contributed by atoms with E-state index in [9.17, 15) is 4.79 Å². The fraction of sp³-hybridized carbons (Fsp3) is 0.267. The number of piperidine rings is 1. The summed E-state index contributed by atoms with van der Waals surface area (Å²) in [5, 5.41) is 0. The van der Waals surface area contributed by atoms with E-state index in [0.717, 1.165) is 35.2 Å². The van der Waals surface area contributed by atoms with Gasteiger partial charge in [-0.1, -0.05) is 36.4 Å².